The van der Waals surface area contributed by atoms with Crippen molar-refractivity contribution in [3.05, 3.63) is 35.5 Å². The van der Waals surface area contributed by atoms with Gasteiger partial charge in [0.15, 0.2) is 0 Å². The van der Waals surface area contributed by atoms with Crippen molar-refractivity contribution in [3.8, 4) is 5.75 Å². The molecule has 2 rings (SSSR count). The molecular formula is C24H34N4O6. The molecule has 34 heavy (non-hydrogen) atoms. The van der Waals surface area contributed by atoms with Gasteiger partial charge in [0.1, 0.15) is 17.4 Å². The van der Waals surface area contributed by atoms with Crippen molar-refractivity contribution in [2.24, 2.45) is 0 Å². The van der Waals surface area contributed by atoms with E-state index in [9.17, 15) is 19.2 Å². The SMILES string of the molecule is CCOc1ccc(NC(=O)NC(=O)C2=C(NC(=O)[C@@H](C)NC(=O)OC(C)(C)C)CCCC2)cc1. The van der Waals surface area contributed by atoms with Crippen LogP contribution in [0, 0.1) is 0 Å². The van der Waals surface area contributed by atoms with E-state index in [4.69, 9.17) is 9.47 Å². The van der Waals surface area contributed by atoms with Gasteiger partial charge < -0.3 is 25.4 Å². The maximum Gasteiger partial charge on any atom is 0.408 e. The number of alkyl carbamates (subject to hydrolysis) is 1. The van der Waals surface area contributed by atoms with E-state index in [1.54, 1.807) is 45.0 Å². The summed E-state index contributed by atoms with van der Waals surface area (Å²) in [5.74, 6) is -0.384. The topological polar surface area (TPSA) is 135 Å². The summed E-state index contributed by atoms with van der Waals surface area (Å²) >= 11 is 0. The largest absolute Gasteiger partial charge is 0.494 e. The van der Waals surface area contributed by atoms with E-state index >= 15 is 0 Å². The molecule has 0 saturated carbocycles. The third kappa shape index (κ3) is 8.76. The van der Waals surface area contributed by atoms with Gasteiger partial charge in [-0.2, -0.15) is 0 Å². The lowest BCUT2D eigenvalue weighted by Gasteiger charge is -2.24. The molecule has 4 N–H and O–H groups in total. The van der Waals surface area contributed by atoms with Gasteiger partial charge in [-0.1, -0.05) is 0 Å². The molecule has 186 valence electrons. The van der Waals surface area contributed by atoms with E-state index < -0.39 is 35.6 Å². The van der Waals surface area contributed by atoms with Crippen LogP contribution in [0.1, 0.15) is 60.3 Å². The Morgan fingerprint density at radius 2 is 1.65 bits per heavy atom. The Hall–Kier alpha value is -3.56. The number of anilines is 1. The van der Waals surface area contributed by atoms with Crippen LogP contribution in [0.15, 0.2) is 35.5 Å². The molecular weight excluding hydrogens is 440 g/mol. The first-order valence-electron chi connectivity index (χ1n) is 11.4. The Balaban J connectivity index is 1.98. The van der Waals surface area contributed by atoms with Crippen molar-refractivity contribution < 1.29 is 28.7 Å². The zero-order valence-electron chi connectivity index (χ0n) is 20.4. The molecule has 1 aliphatic carbocycles. The molecule has 0 fully saturated rings. The van der Waals surface area contributed by atoms with Crippen LogP contribution >= 0.6 is 0 Å². The Kier molecular flexibility index (Phi) is 9.47. The number of imide groups is 1. The van der Waals surface area contributed by atoms with Crippen LogP contribution in [0.5, 0.6) is 5.75 Å². The second-order valence-electron chi connectivity index (χ2n) is 8.89. The molecule has 1 aromatic rings. The third-order valence-corrected chi connectivity index (χ3v) is 4.79. The minimum atomic E-state index is -0.878. The van der Waals surface area contributed by atoms with Gasteiger partial charge >= 0.3 is 12.1 Å². The summed E-state index contributed by atoms with van der Waals surface area (Å²) in [6.45, 7) is 9.10. The smallest absolute Gasteiger partial charge is 0.408 e. The summed E-state index contributed by atoms with van der Waals surface area (Å²) in [5, 5.41) is 10.1. The predicted molar refractivity (Wildman–Crippen MR) is 127 cm³/mol. The van der Waals surface area contributed by atoms with E-state index in [0.717, 1.165) is 12.8 Å². The number of rotatable bonds is 7. The molecule has 1 aromatic carbocycles. The number of nitrogens with one attached hydrogen (secondary N) is 4. The zero-order chi connectivity index (χ0) is 25.3. The molecule has 1 atom stereocenters. The van der Waals surface area contributed by atoms with Crippen molar-refractivity contribution in [3.63, 3.8) is 0 Å². The van der Waals surface area contributed by atoms with Crippen LogP contribution in [0.4, 0.5) is 15.3 Å². The number of carbonyl (C=O) groups is 4. The normalized spacial score (nSPS) is 14.5. The van der Waals surface area contributed by atoms with Gasteiger partial charge in [-0.3, -0.25) is 14.9 Å². The second kappa shape index (κ2) is 12.1. The molecule has 5 amide bonds. The fourth-order valence-corrected chi connectivity index (χ4v) is 3.24. The lowest BCUT2D eigenvalue weighted by molar-refractivity contribution is -0.122. The molecule has 10 nitrogen and oxygen atoms in total. The van der Waals surface area contributed by atoms with Crippen molar-refractivity contribution >= 4 is 29.6 Å². The van der Waals surface area contributed by atoms with Gasteiger partial charge in [-0.05, 0) is 84.6 Å². The van der Waals surface area contributed by atoms with Gasteiger partial charge in [-0.25, -0.2) is 9.59 Å². The molecule has 0 spiro atoms. The van der Waals surface area contributed by atoms with Crippen LogP contribution in [0.3, 0.4) is 0 Å². The number of benzene rings is 1. The number of ether oxygens (including phenoxy) is 2. The highest BCUT2D eigenvalue weighted by Gasteiger charge is 2.25. The van der Waals surface area contributed by atoms with E-state index in [0.29, 0.717) is 42.2 Å². The molecule has 10 heteroatoms. The van der Waals surface area contributed by atoms with Crippen molar-refractivity contribution in [1.82, 2.24) is 16.0 Å². The highest BCUT2D eigenvalue weighted by atomic mass is 16.6. The van der Waals surface area contributed by atoms with E-state index in [-0.39, 0.29) is 0 Å². The highest BCUT2D eigenvalue weighted by Crippen LogP contribution is 2.23. The van der Waals surface area contributed by atoms with Gasteiger partial charge in [-0.15, -0.1) is 0 Å². The first-order valence-corrected chi connectivity index (χ1v) is 11.4. The van der Waals surface area contributed by atoms with Gasteiger partial charge in [0.25, 0.3) is 5.91 Å². The number of hydrogen-bond donors (Lipinski definition) is 4. The van der Waals surface area contributed by atoms with Crippen LogP contribution < -0.4 is 26.0 Å². The lowest BCUT2D eigenvalue weighted by atomic mass is 9.95. The number of urea groups is 1. The minimum absolute atomic E-state index is 0.339. The summed E-state index contributed by atoms with van der Waals surface area (Å²) in [6, 6.07) is 5.20. The minimum Gasteiger partial charge on any atom is -0.494 e. The highest BCUT2D eigenvalue weighted by molar-refractivity contribution is 6.08. The second-order valence-corrected chi connectivity index (χ2v) is 8.89. The van der Waals surface area contributed by atoms with E-state index in [1.165, 1.54) is 6.92 Å². The van der Waals surface area contributed by atoms with Crippen LogP contribution in [0.2, 0.25) is 0 Å². The Bertz CT molecular complexity index is 934. The summed E-state index contributed by atoms with van der Waals surface area (Å²) in [4.78, 5) is 49.5. The van der Waals surface area contributed by atoms with E-state index in [1.807, 2.05) is 6.92 Å². The van der Waals surface area contributed by atoms with Crippen molar-refractivity contribution in [2.75, 3.05) is 11.9 Å². The van der Waals surface area contributed by atoms with Crippen molar-refractivity contribution in [1.29, 1.82) is 0 Å². The number of allylic oxidation sites excluding steroid dienone is 1. The van der Waals surface area contributed by atoms with Gasteiger partial charge in [0, 0.05) is 17.0 Å². The first kappa shape index (κ1) is 26.7. The number of carbonyl (C=O) groups excluding carboxylic acids is 4. The summed E-state index contributed by atoms with van der Waals surface area (Å²) in [6.07, 6.45) is 1.74. The maximum absolute atomic E-state index is 12.7. The molecule has 0 saturated heterocycles. The van der Waals surface area contributed by atoms with Crippen LogP contribution in [-0.4, -0.2) is 42.2 Å². The zero-order valence-corrected chi connectivity index (χ0v) is 20.4. The summed E-state index contributed by atoms with van der Waals surface area (Å²) in [7, 11) is 0. The standard InChI is InChI=1S/C24H34N4O6/c1-6-33-17-13-11-16(12-14-17)26-22(31)28-21(30)18-9-7-8-10-19(18)27-20(29)15(2)25-23(32)34-24(3,4)5/h11-15H,6-10H2,1-5H3,(H,25,32)(H,27,29)(H2,26,28,30,31)/t15-/m1/s1. The Labute approximate surface area is 199 Å². The average Bonchev–Trinajstić information content (AvgIpc) is 2.74. The van der Waals surface area contributed by atoms with Gasteiger partial charge in [0.2, 0.25) is 5.91 Å². The predicted octanol–water partition coefficient (Wildman–Crippen LogP) is 3.59. The summed E-state index contributed by atoms with van der Waals surface area (Å²) < 4.78 is 10.5. The average molecular weight is 475 g/mol. The third-order valence-electron chi connectivity index (χ3n) is 4.79. The molecule has 0 bridgehead atoms. The van der Waals surface area contributed by atoms with Crippen LogP contribution in [-0.2, 0) is 14.3 Å². The maximum atomic E-state index is 12.7. The number of amides is 5. The fraction of sp³-hybridized carbons (Fsp3) is 0.500. The first-order chi connectivity index (χ1) is 16.0. The quantitative estimate of drug-likeness (QED) is 0.477. The molecule has 0 aromatic heterocycles. The monoisotopic (exact) mass is 474 g/mol. The fourth-order valence-electron chi connectivity index (χ4n) is 3.24. The number of hydrogen-bond acceptors (Lipinski definition) is 6. The van der Waals surface area contributed by atoms with E-state index in [2.05, 4.69) is 21.3 Å². The molecule has 0 unspecified atom stereocenters. The van der Waals surface area contributed by atoms with Gasteiger partial charge in [0.05, 0.1) is 6.61 Å². The Morgan fingerprint density at radius 1 is 1.00 bits per heavy atom. The summed E-state index contributed by atoms with van der Waals surface area (Å²) in [5.41, 5.74) is 0.594. The molecule has 0 radical (unpaired) electrons. The molecule has 0 heterocycles. The molecule has 1 aliphatic rings. The lowest BCUT2D eigenvalue weighted by Crippen LogP contribution is -2.47. The van der Waals surface area contributed by atoms with Crippen LogP contribution in [0.25, 0.3) is 0 Å². The Morgan fingerprint density at radius 3 is 2.26 bits per heavy atom. The molecule has 0 aliphatic heterocycles. The van der Waals surface area contributed by atoms with Crippen molar-refractivity contribution in [2.45, 2.75) is 71.9 Å².